The lowest BCUT2D eigenvalue weighted by molar-refractivity contribution is -0.138. The Labute approximate surface area is 142 Å². The van der Waals surface area contributed by atoms with E-state index >= 15 is 0 Å². The fraction of sp³-hybridized carbons (Fsp3) is 0.812. The normalized spacial score (nSPS) is 33.3. The first-order valence-corrected chi connectivity index (χ1v) is 8.42. The second-order valence-electron chi connectivity index (χ2n) is 6.96. The van der Waals surface area contributed by atoms with Crippen LogP contribution < -0.4 is 11.1 Å². The predicted molar refractivity (Wildman–Crippen MR) is 87.8 cm³/mol. The minimum absolute atomic E-state index is 0. The van der Waals surface area contributed by atoms with Gasteiger partial charge in [-0.15, -0.1) is 12.4 Å². The number of carbonyl (C=O) groups is 3. The highest BCUT2D eigenvalue weighted by atomic mass is 35.5. The molecular weight excluding hydrogens is 318 g/mol. The van der Waals surface area contributed by atoms with Gasteiger partial charge in [-0.05, 0) is 37.5 Å². The lowest BCUT2D eigenvalue weighted by Crippen LogP contribution is -2.54. The highest BCUT2D eigenvalue weighted by molar-refractivity contribution is 6.02. The van der Waals surface area contributed by atoms with Gasteiger partial charge < -0.3 is 11.1 Å². The van der Waals surface area contributed by atoms with Crippen LogP contribution in [0.25, 0.3) is 0 Å². The van der Waals surface area contributed by atoms with Gasteiger partial charge in [0.05, 0.1) is 0 Å². The molecule has 2 aliphatic carbocycles. The largest absolute Gasteiger partial charge is 0.353 e. The number of nitrogens with two attached hydrogens (primary N) is 1. The molecule has 6 nitrogen and oxygen atoms in total. The Morgan fingerprint density at radius 3 is 2.26 bits per heavy atom. The number of hydrogen-bond donors (Lipinski definition) is 2. The van der Waals surface area contributed by atoms with E-state index in [2.05, 4.69) is 5.32 Å². The maximum Gasteiger partial charge on any atom is 0.229 e. The van der Waals surface area contributed by atoms with E-state index in [0.717, 1.165) is 25.7 Å². The molecular formula is C16H26ClN3O3. The van der Waals surface area contributed by atoms with Gasteiger partial charge in [0, 0.05) is 37.9 Å². The first kappa shape index (κ1) is 18.2. The van der Waals surface area contributed by atoms with Crippen molar-refractivity contribution < 1.29 is 14.4 Å². The molecule has 0 radical (unpaired) electrons. The van der Waals surface area contributed by atoms with Crippen LogP contribution in [0.4, 0.5) is 0 Å². The second-order valence-corrected chi connectivity index (χ2v) is 6.96. The summed E-state index contributed by atoms with van der Waals surface area (Å²) in [5.74, 6) is 0.615. The minimum atomic E-state index is -0.154. The second kappa shape index (κ2) is 7.62. The molecule has 3 N–H and O–H groups in total. The van der Waals surface area contributed by atoms with E-state index in [0.29, 0.717) is 11.8 Å². The van der Waals surface area contributed by atoms with Crippen LogP contribution in [0.2, 0.25) is 0 Å². The number of nitrogens with zero attached hydrogens (tertiary/aromatic N) is 1. The maximum atomic E-state index is 12.2. The van der Waals surface area contributed by atoms with E-state index in [4.69, 9.17) is 5.73 Å². The van der Waals surface area contributed by atoms with Crippen molar-refractivity contribution in [2.45, 2.75) is 63.5 Å². The monoisotopic (exact) mass is 343 g/mol. The lowest BCUT2D eigenvalue weighted by atomic mass is 9.67. The van der Waals surface area contributed by atoms with Crippen molar-refractivity contribution >= 4 is 30.1 Å². The average Bonchev–Trinajstić information content (AvgIpc) is 2.77. The van der Waals surface area contributed by atoms with Gasteiger partial charge in [0.2, 0.25) is 17.7 Å². The molecule has 2 saturated carbocycles. The van der Waals surface area contributed by atoms with Crippen LogP contribution in [-0.2, 0) is 14.4 Å². The Hall–Kier alpha value is -1.14. The van der Waals surface area contributed by atoms with Crippen LogP contribution in [0.15, 0.2) is 0 Å². The van der Waals surface area contributed by atoms with Gasteiger partial charge in [-0.1, -0.05) is 6.42 Å². The summed E-state index contributed by atoms with van der Waals surface area (Å²) in [6, 6.07) is 0.495. The van der Waals surface area contributed by atoms with E-state index in [1.165, 1.54) is 11.3 Å². The molecule has 130 valence electrons. The molecule has 3 amide bonds. The number of likely N-dealkylation sites (tertiary alicyclic amines) is 1. The first-order valence-electron chi connectivity index (χ1n) is 8.42. The Bertz CT molecular complexity index is 455. The molecule has 7 heteroatoms. The third kappa shape index (κ3) is 4.04. The highest BCUT2D eigenvalue weighted by Crippen LogP contribution is 2.39. The Kier molecular flexibility index (Phi) is 6.03. The molecule has 2 bridgehead atoms. The third-order valence-electron chi connectivity index (χ3n) is 5.42. The van der Waals surface area contributed by atoms with Crippen molar-refractivity contribution in [3.8, 4) is 0 Å². The van der Waals surface area contributed by atoms with E-state index in [1.54, 1.807) is 0 Å². The van der Waals surface area contributed by atoms with E-state index in [1.807, 2.05) is 0 Å². The standard InChI is InChI=1S/C16H25N3O3.ClH/c17-12-8-10-2-1-3-11(9-12)16(10)18-13(20)6-7-19-14(21)4-5-15(19)22;/h10-12,16H,1-9,17H2,(H,18,20);1H. The van der Waals surface area contributed by atoms with Crippen LogP contribution in [0.3, 0.4) is 0 Å². The van der Waals surface area contributed by atoms with Crippen molar-refractivity contribution in [3.05, 3.63) is 0 Å². The Balaban J connectivity index is 0.00000192. The fourth-order valence-electron chi connectivity index (χ4n) is 4.37. The number of fused-ring (bicyclic) bond motifs is 2. The van der Waals surface area contributed by atoms with Gasteiger partial charge in [0.1, 0.15) is 0 Å². The summed E-state index contributed by atoms with van der Waals surface area (Å²) in [7, 11) is 0. The molecule has 1 aliphatic heterocycles. The van der Waals surface area contributed by atoms with Gasteiger partial charge in [-0.2, -0.15) is 0 Å². The van der Waals surface area contributed by atoms with Crippen LogP contribution in [0.5, 0.6) is 0 Å². The molecule has 0 spiro atoms. The van der Waals surface area contributed by atoms with E-state index in [9.17, 15) is 14.4 Å². The predicted octanol–water partition coefficient (Wildman–Crippen LogP) is 0.969. The van der Waals surface area contributed by atoms with Crippen LogP contribution in [0.1, 0.15) is 51.4 Å². The molecule has 3 rings (SSSR count). The lowest BCUT2D eigenvalue weighted by Gasteiger charge is -2.45. The zero-order valence-electron chi connectivity index (χ0n) is 13.3. The number of imide groups is 1. The van der Waals surface area contributed by atoms with E-state index < -0.39 is 0 Å². The first-order chi connectivity index (χ1) is 10.5. The van der Waals surface area contributed by atoms with Gasteiger partial charge >= 0.3 is 0 Å². The maximum absolute atomic E-state index is 12.2. The van der Waals surface area contributed by atoms with E-state index in [-0.39, 0.29) is 68.0 Å². The molecule has 3 aliphatic rings. The van der Waals surface area contributed by atoms with Gasteiger partial charge in [-0.3, -0.25) is 19.3 Å². The van der Waals surface area contributed by atoms with Crippen molar-refractivity contribution in [2.75, 3.05) is 6.54 Å². The molecule has 1 saturated heterocycles. The SMILES string of the molecule is Cl.NC1CC2CCCC(C1)C2NC(=O)CCN1C(=O)CCC1=O. The van der Waals surface area contributed by atoms with Gasteiger partial charge in [-0.25, -0.2) is 0 Å². The molecule has 3 fully saturated rings. The van der Waals surface area contributed by atoms with Crippen molar-refractivity contribution in [3.63, 3.8) is 0 Å². The van der Waals surface area contributed by atoms with Crippen molar-refractivity contribution in [1.29, 1.82) is 0 Å². The third-order valence-corrected chi connectivity index (χ3v) is 5.42. The Morgan fingerprint density at radius 1 is 1.13 bits per heavy atom. The van der Waals surface area contributed by atoms with Crippen molar-refractivity contribution in [1.82, 2.24) is 10.2 Å². The number of nitrogens with one attached hydrogen (secondary N) is 1. The van der Waals surface area contributed by atoms with Crippen molar-refractivity contribution in [2.24, 2.45) is 17.6 Å². The van der Waals surface area contributed by atoms with Crippen LogP contribution in [0, 0.1) is 11.8 Å². The Morgan fingerprint density at radius 2 is 1.70 bits per heavy atom. The van der Waals surface area contributed by atoms with Crippen LogP contribution in [-0.4, -0.2) is 41.2 Å². The average molecular weight is 344 g/mol. The summed E-state index contributed by atoms with van der Waals surface area (Å²) in [4.78, 5) is 36.5. The highest BCUT2D eigenvalue weighted by Gasteiger charge is 2.40. The molecule has 23 heavy (non-hydrogen) atoms. The topological polar surface area (TPSA) is 92.5 Å². The summed E-state index contributed by atoms with van der Waals surface area (Å²) in [5.41, 5.74) is 6.10. The minimum Gasteiger partial charge on any atom is -0.353 e. The quantitative estimate of drug-likeness (QED) is 0.744. The number of hydrogen-bond acceptors (Lipinski definition) is 4. The number of halogens is 1. The summed E-state index contributed by atoms with van der Waals surface area (Å²) in [5, 5.41) is 3.15. The van der Waals surface area contributed by atoms with Gasteiger partial charge in [0.15, 0.2) is 0 Å². The molecule has 2 unspecified atom stereocenters. The molecule has 1 heterocycles. The summed E-state index contributed by atoms with van der Waals surface area (Å²) >= 11 is 0. The van der Waals surface area contributed by atoms with Gasteiger partial charge in [0.25, 0.3) is 0 Å². The number of amides is 3. The summed E-state index contributed by atoms with van der Waals surface area (Å²) in [6.07, 6.45) is 6.26. The van der Waals surface area contributed by atoms with Crippen LogP contribution >= 0.6 is 12.4 Å². The molecule has 0 aromatic rings. The molecule has 0 aromatic heterocycles. The zero-order chi connectivity index (χ0) is 15.7. The summed E-state index contributed by atoms with van der Waals surface area (Å²) < 4.78 is 0. The summed E-state index contributed by atoms with van der Waals surface area (Å²) in [6.45, 7) is 0.213. The fourth-order valence-corrected chi connectivity index (χ4v) is 4.37. The zero-order valence-corrected chi connectivity index (χ0v) is 14.1. The smallest absolute Gasteiger partial charge is 0.229 e. The number of carbonyl (C=O) groups excluding carboxylic acids is 3. The molecule has 0 aromatic carbocycles. The molecule has 2 atom stereocenters. The number of rotatable bonds is 4.